The molecule has 0 fully saturated rings. The largest absolute Gasteiger partial charge is 0.466 e. The van der Waals surface area contributed by atoms with Crippen molar-refractivity contribution in [2.75, 3.05) is 26.3 Å². The highest BCUT2D eigenvalue weighted by Gasteiger charge is 2.16. The van der Waals surface area contributed by atoms with Crippen LogP contribution in [0.5, 0.6) is 0 Å². The number of hydrogen-bond donors (Lipinski definition) is 2. The first-order chi connectivity index (χ1) is 30.0. The SMILES string of the molecule is CCCCCCCCCCCCCCCC(=O)OCCCNC(=O)c1ccccc1SSc1ccccc1C(=O)NCCCOC(=O)CCCCCCCCCCCCCC. The molecule has 0 saturated heterocycles. The van der Waals surface area contributed by atoms with E-state index in [9.17, 15) is 19.2 Å². The molecule has 0 spiro atoms. The van der Waals surface area contributed by atoms with Crippen LogP contribution in [0.25, 0.3) is 0 Å². The number of nitrogens with one attached hydrogen (secondary N) is 2. The number of ether oxygens (including phenoxy) is 2. The Kier molecular flexibility index (Phi) is 34.3. The van der Waals surface area contributed by atoms with E-state index in [4.69, 9.17) is 9.47 Å². The fourth-order valence-electron chi connectivity index (χ4n) is 7.20. The maximum Gasteiger partial charge on any atom is 0.305 e. The molecule has 0 aliphatic heterocycles. The molecule has 10 heteroatoms. The molecule has 0 atom stereocenters. The quantitative estimate of drug-likeness (QED) is 0.0387. The van der Waals surface area contributed by atoms with Gasteiger partial charge in [0.25, 0.3) is 11.8 Å². The van der Waals surface area contributed by atoms with Gasteiger partial charge in [-0.25, -0.2) is 0 Å². The summed E-state index contributed by atoms with van der Waals surface area (Å²) in [5, 5.41) is 5.91. The summed E-state index contributed by atoms with van der Waals surface area (Å²) >= 11 is 0. The van der Waals surface area contributed by atoms with Crippen molar-refractivity contribution in [2.45, 2.75) is 210 Å². The zero-order chi connectivity index (χ0) is 43.9. The lowest BCUT2D eigenvalue weighted by Crippen LogP contribution is -2.26. The van der Waals surface area contributed by atoms with Crippen molar-refractivity contribution < 1.29 is 28.7 Å². The van der Waals surface area contributed by atoms with Crippen molar-refractivity contribution >= 4 is 45.3 Å². The Balaban J connectivity index is 1.55. The highest BCUT2D eigenvalue weighted by Crippen LogP contribution is 2.40. The van der Waals surface area contributed by atoms with Crippen LogP contribution in [0.3, 0.4) is 0 Å². The predicted molar refractivity (Wildman–Crippen MR) is 256 cm³/mol. The molecule has 0 bridgehead atoms. The molecule has 0 saturated carbocycles. The summed E-state index contributed by atoms with van der Waals surface area (Å²) in [7, 11) is 2.85. The Bertz CT molecular complexity index is 1440. The first kappa shape index (κ1) is 54.2. The Labute approximate surface area is 378 Å². The second-order valence-corrected chi connectivity index (χ2v) is 18.7. The fourth-order valence-corrected chi connectivity index (χ4v) is 9.56. The van der Waals surface area contributed by atoms with E-state index in [1.165, 1.54) is 156 Å². The van der Waals surface area contributed by atoms with Crippen molar-refractivity contribution in [1.29, 1.82) is 0 Å². The third-order valence-electron chi connectivity index (χ3n) is 10.9. The monoisotopic (exact) mass is 883 g/mol. The lowest BCUT2D eigenvalue weighted by atomic mass is 10.0. The lowest BCUT2D eigenvalue weighted by Gasteiger charge is -2.12. The van der Waals surface area contributed by atoms with Gasteiger partial charge >= 0.3 is 11.9 Å². The predicted octanol–water partition coefficient (Wildman–Crippen LogP) is 14.4. The Morgan fingerprint density at radius 3 is 1.03 bits per heavy atom. The summed E-state index contributed by atoms with van der Waals surface area (Å²) in [6, 6.07) is 14.8. The van der Waals surface area contributed by atoms with Gasteiger partial charge in [-0.3, -0.25) is 19.2 Å². The van der Waals surface area contributed by atoms with Crippen LogP contribution in [0.2, 0.25) is 0 Å². The molecule has 2 aromatic carbocycles. The molecule has 0 heterocycles. The van der Waals surface area contributed by atoms with E-state index in [1.807, 2.05) is 36.4 Å². The van der Waals surface area contributed by atoms with Gasteiger partial charge < -0.3 is 20.1 Å². The van der Waals surface area contributed by atoms with E-state index >= 15 is 0 Å². The topological polar surface area (TPSA) is 111 Å². The van der Waals surface area contributed by atoms with Crippen molar-refractivity contribution in [3.63, 3.8) is 0 Å². The summed E-state index contributed by atoms with van der Waals surface area (Å²) < 4.78 is 10.8. The number of hydrogen-bond acceptors (Lipinski definition) is 8. The van der Waals surface area contributed by atoms with Crippen molar-refractivity contribution in [3.8, 4) is 0 Å². The lowest BCUT2D eigenvalue weighted by molar-refractivity contribution is -0.144. The van der Waals surface area contributed by atoms with E-state index in [1.54, 1.807) is 12.1 Å². The molecular formula is C51H82N2O6S2. The highest BCUT2D eigenvalue weighted by molar-refractivity contribution is 8.76. The van der Waals surface area contributed by atoms with Gasteiger partial charge in [-0.1, -0.05) is 207 Å². The van der Waals surface area contributed by atoms with Gasteiger partial charge in [-0.2, -0.15) is 0 Å². The van der Waals surface area contributed by atoms with Crippen LogP contribution < -0.4 is 10.6 Å². The number of unbranched alkanes of at least 4 members (excludes halogenated alkanes) is 23. The number of esters is 2. The standard InChI is InChI=1S/C51H82N2O6S2/c1-3-5-7-9-11-13-15-17-19-21-23-25-27-39-49(55)59-43-33-41-53-51(57)45-35-29-31-37-47(45)61-60-46-36-30-28-34-44(46)50(56)52-40-32-42-58-48(54)38-26-24-22-20-18-16-14-12-10-8-6-4-2/h28-31,34-37H,3-27,32-33,38-43H2,1-2H3,(H,52,56)(H,53,57). The maximum absolute atomic E-state index is 13.1. The first-order valence-corrected chi connectivity index (χ1v) is 26.5. The van der Waals surface area contributed by atoms with Gasteiger partial charge in [0.05, 0.1) is 24.3 Å². The highest BCUT2D eigenvalue weighted by atomic mass is 33.1. The average molecular weight is 883 g/mol. The summed E-state index contributed by atoms with van der Waals surface area (Å²) in [6.07, 6.45) is 33.6. The second-order valence-electron chi connectivity index (χ2n) is 16.5. The third kappa shape index (κ3) is 29.1. The molecular weight excluding hydrogens is 801 g/mol. The summed E-state index contributed by atoms with van der Waals surface area (Å²) in [5.74, 6) is -0.712. The van der Waals surface area contributed by atoms with E-state index in [-0.39, 0.29) is 37.0 Å². The van der Waals surface area contributed by atoms with E-state index in [2.05, 4.69) is 24.5 Å². The molecule has 2 aromatic rings. The minimum Gasteiger partial charge on any atom is -0.466 e. The molecule has 0 aliphatic rings. The van der Waals surface area contributed by atoms with Crippen molar-refractivity contribution in [1.82, 2.24) is 10.6 Å². The van der Waals surface area contributed by atoms with Crippen LogP contribution >= 0.6 is 21.6 Å². The second kappa shape index (κ2) is 38.7. The number of amides is 2. The van der Waals surface area contributed by atoms with E-state index in [0.29, 0.717) is 49.9 Å². The number of carbonyl (C=O) groups excluding carboxylic acids is 4. The summed E-state index contributed by atoms with van der Waals surface area (Å²) in [4.78, 5) is 52.2. The molecule has 2 amide bonds. The Hall–Kier alpha value is -2.98. The average Bonchev–Trinajstić information content (AvgIpc) is 3.27. The van der Waals surface area contributed by atoms with Crippen molar-refractivity contribution in [2.24, 2.45) is 0 Å². The molecule has 0 unspecified atom stereocenters. The van der Waals surface area contributed by atoms with Gasteiger partial charge in [-0.05, 0) is 49.9 Å². The first-order valence-electron chi connectivity index (χ1n) is 24.4. The Morgan fingerprint density at radius 2 is 0.705 bits per heavy atom. The smallest absolute Gasteiger partial charge is 0.305 e. The summed E-state index contributed by atoms with van der Waals surface area (Å²) in [6.45, 7) is 5.89. The zero-order valence-corrected chi connectivity index (χ0v) is 39.9. The minimum atomic E-state index is -0.192. The van der Waals surface area contributed by atoms with Crippen LogP contribution in [-0.4, -0.2) is 50.1 Å². The molecule has 2 rings (SSSR count). The zero-order valence-electron chi connectivity index (χ0n) is 38.2. The van der Waals surface area contributed by atoms with Crippen LogP contribution in [-0.2, 0) is 19.1 Å². The van der Waals surface area contributed by atoms with Crippen LogP contribution in [0, 0.1) is 0 Å². The van der Waals surface area contributed by atoms with E-state index in [0.717, 1.165) is 35.5 Å². The molecule has 8 nitrogen and oxygen atoms in total. The molecule has 0 aliphatic carbocycles. The number of carbonyl (C=O) groups is 4. The van der Waals surface area contributed by atoms with Gasteiger partial charge in [-0.15, -0.1) is 0 Å². The van der Waals surface area contributed by atoms with Gasteiger partial charge in [0, 0.05) is 35.7 Å². The molecule has 0 aromatic heterocycles. The molecule has 344 valence electrons. The minimum absolute atomic E-state index is 0.164. The van der Waals surface area contributed by atoms with E-state index < -0.39 is 0 Å². The molecule has 0 radical (unpaired) electrons. The van der Waals surface area contributed by atoms with Crippen LogP contribution in [0.15, 0.2) is 58.3 Å². The van der Waals surface area contributed by atoms with Gasteiger partial charge in [0.15, 0.2) is 0 Å². The normalized spacial score (nSPS) is 11.0. The maximum atomic E-state index is 13.1. The Morgan fingerprint density at radius 1 is 0.410 bits per heavy atom. The summed E-state index contributed by atoms with van der Waals surface area (Å²) in [5.41, 5.74) is 1.10. The molecule has 2 N–H and O–H groups in total. The third-order valence-corrected chi connectivity index (χ3v) is 13.4. The van der Waals surface area contributed by atoms with Crippen LogP contribution in [0.1, 0.15) is 221 Å². The van der Waals surface area contributed by atoms with Gasteiger partial charge in [0.1, 0.15) is 0 Å². The number of rotatable bonds is 40. The number of benzene rings is 2. The molecule has 61 heavy (non-hydrogen) atoms. The van der Waals surface area contributed by atoms with Gasteiger partial charge in [0.2, 0.25) is 0 Å². The van der Waals surface area contributed by atoms with Crippen molar-refractivity contribution in [3.05, 3.63) is 59.7 Å². The van der Waals surface area contributed by atoms with Crippen LogP contribution in [0.4, 0.5) is 0 Å². The fraction of sp³-hybridized carbons (Fsp3) is 0.686.